The van der Waals surface area contributed by atoms with Gasteiger partial charge in [-0.3, -0.25) is 4.79 Å². The summed E-state index contributed by atoms with van der Waals surface area (Å²) in [6, 6.07) is 11.4. The number of fused-ring (bicyclic) bond motifs is 3. The third kappa shape index (κ3) is 3.45. The van der Waals surface area contributed by atoms with Crippen molar-refractivity contribution in [3.63, 3.8) is 0 Å². The molecule has 0 radical (unpaired) electrons. The Morgan fingerprint density at radius 1 is 1.14 bits per heavy atom. The standard InChI is InChI=1S/C20H22N2O5S/c1-26-19-11-15-14-5-3-4-6-17(14)27-18(15)12-16(19)21-20(23)13-7-9-22(10-8-13)28(2,24)25/h3-6,11-13H,7-10H2,1-2H3,(H,21,23). The molecular formula is C20H22N2O5S. The monoisotopic (exact) mass is 402 g/mol. The van der Waals surface area contributed by atoms with Gasteiger partial charge in [0, 0.05) is 35.8 Å². The highest BCUT2D eigenvalue weighted by atomic mass is 32.2. The Morgan fingerprint density at radius 2 is 1.86 bits per heavy atom. The molecule has 1 fully saturated rings. The quantitative estimate of drug-likeness (QED) is 0.724. The number of anilines is 1. The SMILES string of the molecule is COc1cc2c(cc1NC(=O)C1CCN(S(C)(=O)=O)CC1)oc1ccccc12. The summed E-state index contributed by atoms with van der Waals surface area (Å²) in [6.45, 7) is 0.716. The Morgan fingerprint density at radius 3 is 2.54 bits per heavy atom. The molecule has 7 nitrogen and oxygen atoms in total. The van der Waals surface area contributed by atoms with Crippen LogP contribution in [0.3, 0.4) is 0 Å². The Labute approximate surface area is 163 Å². The van der Waals surface area contributed by atoms with Crippen molar-refractivity contribution >= 4 is 43.6 Å². The maximum Gasteiger partial charge on any atom is 0.227 e. The van der Waals surface area contributed by atoms with Crippen molar-refractivity contribution in [2.24, 2.45) is 5.92 Å². The molecule has 1 amide bonds. The number of carbonyl (C=O) groups is 1. The first-order chi connectivity index (χ1) is 13.4. The summed E-state index contributed by atoms with van der Waals surface area (Å²) in [7, 11) is -1.65. The highest BCUT2D eigenvalue weighted by molar-refractivity contribution is 7.88. The van der Waals surface area contributed by atoms with Gasteiger partial charge in [-0.05, 0) is 25.0 Å². The van der Waals surface area contributed by atoms with Crippen LogP contribution in [0.5, 0.6) is 5.75 Å². The van der Waals surface area contributed by atoms with Crippen LogP contribution in [-0.4, -0.2) is 45.1 Å². The summed E-state index contributed by atoms with van der Waals surface area (Å²) in [5.41, 5.74) is 1.99. The zero-order valence-corrected chi connectivity index (χ0v) is 16.6. The lowest BCUT2D eigenvalue weighted by Crippen LogP contribution is -2.40. The zero-order valence-electron chi connectivity index (χ0n) is 15.8. The topological polar surface area (TPSA) is 88.9 Å². The van der Waals surface area contributed by atoms with E-state index in [4.69, 9.17) is 9.15 Å². The van der Waals surface area contributed by atoms with Crippen molar-refractivity contribution in [3.05, 3.63) is 36.4 Å². The van der Waals surface area contributed by atoms with Crippen molar-refractivity contribution in [1.82, 2.24) is 4.31 Å². The van der Waals surface area contributed by atoms with Gasteiger partial charge in [0.05, 0.1) is 19.1 Å². The van der Waals surface area contributed by atoms with E-state index < -0.39 is 10.0 Å². The fourth-order valence-electron chi connectivity index (χ4n) is 3.70. The highest BCUT2D eigenvalue weighted by Gasteiger charge is 2.29. The van der Waals surface area contributed by atoms with Crippen molar-refractivity contribution in [1.29, 1.82) is 0 Å². The minimum absolute atomic E-state index is 0.137. The molecule has 2 aromatic carbocycles. The summed E-state index contributed by atoms with van der Waals surface area (Å²) in [5, 5.41) is 4.84. The maximum atomic E-state index is 12.7. The van der Waals surface area contributed by atoms with Gasteiger partial charge in [-0.2, -0.15) is 0 Å². The van der Waals surface area contributed by atoms with E-state index in [0.29, 0.717) is 43.0 Å². The summed E-state index contributed by atoms with van der Waals surface area (Å²) in [4.78, 5) is 12.7. The van der Waals surface area contributed by atoms with Crippen molar-refractivity contribution in [2.45, 2.75) is 12.8 Å². The van der Waals surface area contributed by atoms with Gasteiger partial charge >= 0.3 is 0 Å². The summed E-state index contributed by atoms with van der Waals surface area (Å²) in [6.07, 6.45) is 2.18. The molecule has 0 aliphatic carbocycles. The minimum Gasteiger partial charge on any atom is -0.495 e. The van der Waals surface area contributed by atoms with Gasteiger partial charge in [-0.1, -0.05) is 18.2 Å². The molecule has 148 valence electrons. The van der Waals surface area contributed by atoms with Crippen LogP contribution in [0.15, 0.2) is 40.8 Å². The number of hydrogen-bond donors (Lipinski definition) is 1. The van der Waals surface area contributed by atoms with Crippen LogP contribution in [0, 0.1) is 5.92 Å². The molecule has 0 unspecified atom stereocenters. The number of nitrogens with zero attached hydrogens (tertiary/aromatic N) is 1. The van der Waals surface area contributed by atoms with Gasteiger partial charge in [0.2, 0.25) is 15.9 Å². The molecule has 0 saturated carbocycles. The van der Waals surface area contributed by atoms with Gasteiger partial charge in [-0.15, -0.1) is 0 Å². The third-order valence-electron chi connectivity index (χ3n) is 5.25. The van der Waals surface area contributed by atoms with Gasteiger partial charge in [0.15, 0.2) is 0 Å². The summed E-state index contributed by atoms with van der Waals surface area (Å²) >= 11 is 0. The van der Waals surface area contributed by atoms with Gasteiger partial charge in [-0.25, -0.2) is 12.7 Å². The first-order valence-electron chi connectivity index (χ1n) is 9.12. The molecule has 2 heterocycles. The van der Waals surface area contributed by atoms with Gasteiger partial charge < -0.3 is 14.5 Å². The number of hydrogen-bond acceptors (Lipinski definition) is 5. The normalized spacial score (nSPS) is 16.5. The van der Waals surface area contributed by atoms with Crippen LogP contribution in [0.4, 0.5) is 5.69 Å². The van der Waals surface area contributed by atoms with E-state index in [9.17, 15) is 13.2 Å². The Kier molecular flexibility index (Phi) is 4.76. The molecule has 0 spiro atoms. The van der Waals surface area contributed by atoms with E-state index in [-0.39, 0.29) is 11.8 Å². The van der Waals surface area contributed by atoms with Crippen LogP contribution >= 0.6 is 0 Å². The van der Waals surface area contributed by atoms with Crippen LogP contribution < -0.4 is 10.1 Å². The molecule has 0 atom stereocenters. The maximum absolute atomic E-state index is 12.7. The number of methoxy groups -OCH3 is 1. The molecule has 0 bridgehead atoms. The molecule has 1 aromatic heterocycles. The molecule has 8 heteroatoms. The van der Waals surface area contributed by atoms with E-state index in [1.807, 2.05) is 30.3 Å². The number of benzene rings is 2. The Hall–Kier alpha value is -2.58. The molecule has 1 aliphatic rings. The third-order valence-corrected chi connectivity index (χ3v) is 6.55. The van der Waals surface area contributed by atoms with Crippen molar-refractivity contribution < 1.29 is 22.4 Å². The Bertz CT molecular complexity index is 1140. The summed E-state index contributed by atoms with van der Waals surface area (Å²) < 4.78 is 36.1. The van der Waals surface area contributed by atoms with Crippen LogP contribution in [-0.2, 0) is 14.8 Å². The molecule has 1 N–H and O–H groups in total. The first kappa shape index (κ1) is 18.8. The second-order valence-corrected chi connectivity index (χ2v) is 9.05. The average molecular weight is 402 g/mol. The van der Waals surface area contributed by atoms with Gasteiger partial charge in [0.25, 0.3) is 0 Å². The molecule has 1 saturated heterocycles. The largest absolute Gasteiger partial charge is 0.495 e. The van der Waals surface area contributed by atoms with Crippen molar-refractivity contribution in [3.8, 4) is 5.75 Å². The van der Waals surface area contributed by atoms with Crippen LogP contribution in [0.25, 0.3) is 21.9 Å². The predicted octanol–water partition coefficient (Wildman–Crippen LogP) is 3.20. The average Bonchev–Trinajstić information content (AvgIpc) is 3.04. The molecule has 28 heavy (non-hydrogen) atoms. The molecule has 3 aromatic rings. The number of para-hydroxylation sites is 1. The highest BCUT2D eigenvalue weighted by Crippen LogP contribution is 2.36. The second kappa shape index (κ2) is 7.10. The van der Waals surface area contributed by atoms with E-state index >= 15 is 0 Å². The lowest BCUT2D eigenvalue weighted by Gasteiger charge is -2.29. The number of amides is 1. The van der Waals surface area contributed by atoms with E-state index in [1.165, 1.54) is 10.6 Å². The molecular weight excluding hydrogens is 380 g/mol. The van der Waals surface area contributed by atoms with E-state index in [0.717, 1.165) is 16.4 Å². The number of carbonyl (C=O) groups excluding carboxylic acids is 1. The number of piperidine rings is 1. The predicted molar refractivity (Wildman–Crippen MR) is 108 cm³/mol. The lowest BCUT2D eigenvalue weighted by atomic mass is 9.97. The van der Waals surface area contributed by atoms with Crippen LogP contribution in [0.2, 0.25) is 0 Å². The zero-order chi connectivity index (χ0) is 19.9. The number of nitrogens with one attached hydrogen (secondary N) is 1. The second-order valence-electron chi connectivity index (χ2n) is 7.07. The number of furan rings is 1. The number of sulfonamides is 1. The van der Waals surface area contributed by atoms with Crippen LogP contribution in [0.1, 0.15) is 12.8 Å². The lowest BCUT2D eigenvalue weighted by molar-refractivity contribution is -0.120. The van der Waals surface area contributed by atoms with E-state index in [1.54, 1.807) is 13.2 Å². The number of rotatable bonds is 4. The fourth-order valence-corrected chi connectivity index (χ4v) is 4.58. The summed E-state index contributed by atoms with van der Waals surface area (Å²) in [5.74, 6) is 0.178. The molecule has 4 rings (SSSR count). The van der Waals surface area contributed by atoms with Crippen molar-refractivity contribution in [2.75, 3.05) is 31.8 Å². The minimum atomic E-state index is -3.21. The van der Waals surface area contributed by atoms with Gasteiger partial charge in [0.1, 0.15) is 16.9 Å². The molecule has 1 aliphatic heterocycles. The Balaban J connectivity index is 1.57. The smallest absolute Gasteiger partial charge is 0.227 e. The van der Waals surface area contributed by atoms with E-state index in [2.05, 4.69) is 5.32 Å². The first-order valence-corrected chi connectivity index (χ1v) is 11.0. The fraction of sp³-hybridized carbons (Fsp3) is 0.350. The number of ether oxygens (including phenoxy) is 1.